The first-order valence-electron chi connectivity index (χ1n) is 9.23. The van der Waals surface area contributed by atoms with E-state index in [2.05, 4.69) is 0 Å². The first kappa shape index (κ1) is 19.4. The number of nitrogens with two attached hydrogens (primary N) is 1. The Labute approximate surface area is 165 Å². The van der Waals surface area contributed by atoms with Gasteiger partial charge in [-0.15, -0.1) is 0 Å². The number of ether oxygens (including phenoxy) is 1. The van der Waals surface area contributed by atoms with Crippen molar-refractivity contribution in [2.45, 2.75) is 25.6 Å². The number of carboxylic acid groups (broad SMARTS) is 1. The molecule has 1 aliphatic carbocycles. The number of hydrogen-bond acceptors (Lipinski definition) is 5. The summed E-state index contributed by atoms with van der Waals surface area (Å²) in [5.74, 6) is -2.05. The largest absolute Gasteiger partial charge is 0.492 e. The summed E-state index contributed by atoms with van der Waals surface area (Å²) in [6.07, 6.45) is 0.159. The number of benzene rings is 1. The minimum atomic E-state index is -1.44. The number of carboxylic acids is 1. The van der Waals surface area contributed by atoms with Crippen LogP contribution < -0.4 is 20.8 Å². The van der Waals surface area contributed by atoms with Gasteiger partial charge in [0.15, 0.2) is 11.6 Å². The molecule has 9 heteroatoms. The first-order valence-corrected chi connectivity index (χ1v) is 9.23. The second-order valence-electron chi connectivity index (χ2n) is 7.48. The topological polar surface area (TPSA) is 97.8 Å². The molecule has 2 heterocycles. The number of aromatic nitrogens is 1. The zero-order valence-corrected chi connectivity index (χ0v) is 16.0. The lowest BCUT2D eigenvalue weighted by atomic mass is 9.99. The first-order chi connectivity index (χ1) is 13.8. The molecule has 3 N–H and O–H groups in total. The van der Waals surface area contributed by atoms with Crippen molar-refractivity contribution in [3.63, 3.8) is 0 Å². The molecule has 4 rings (SSSR count). The second kappa shape index (κ2) is 6.84. The van der Waals surface area contributed by atoms with E-state index >= 15 is 4.39 Å². The van der Waals surface area contributed by atoms with Gasteiger partial charge >= 0.3 is 5.97 Å². The molecular weight excluding hydrogens is 384 g/mol. The number of fused-ring (bicyclic) bond motifs is 1. The maximum Gasteiger partial charge on any atom is 0.341 e. The number of alkyl halides is 1. The number of nitrogens with zero attached hydrogens (tertiary/aromatic N) is 2. The van der Waals surface area contributed by atoms with Gasteiger partial charge in [0.05, 0.1) is 24.1 Å². The molecule has 2 aliphatic rings. The molecule has 1 aliphatic heterocycles. The molecule has 2 atom stereocenters. The van der Waals surface area contributed by atoms with Gasteiger partial charge in [0, 0.05) is 32.3 Å². The minimum Gasteiger partial charge on any atom is -0.492 e. The lowest BCUT2D eigenvalue weighted by Gasteiger charge is -2.38. The highest BCUT2D eigenvalue weighted by Crippen LogP contribution is 2.46. The van der Waals surface area contributed by atoms with E-state index in [9.17, 15) is 19.1 Å². The molecule has 0 spiro atoms. The number of rotatable bonds is 5. The quantitative estimate of drug-likeness (QED) is 0.741. The van der Waals surface area contributed by atoms with Gasteiger partial charge in [-0.05, 0) is 18.6 Å². The minimum absolute atomic E-state index is 0.0950. The van der Waals surface area contributed by atoms with Crippen LogP contribution in [0.1, 0.15) is 29.7 Å². The van der Waals surface area contributed by atoms with E-state index < -0.39 is 35.0 Å². The van der Waals surface area contributed by atoms with Gasteiger partial charge in [0.1, 0.15) is 17.4 Å². The van der Waals surface area contributed by atoms with Gasteiger partial charge in [-0.25, -0.2) is 13.6 Å². The molecule has 7 nitrogen and oxygen atoms in total. The molecule has 1 saturated heterocycles. The van der Waals surface area contributed by atoms with Crippen LogP contribution in [0.4, 0.5) is 14.5 Å². The van der Waals surface area contributed by atoms with Gasteiger partial charge in [-0.2, -0.15) is 0 Å². The van der Waals surface area contributed by atoms with Crippen LogP contribution in [0.25, 0.3) is 10.9 Å². The Morgan fingerprint density at radius 1 is 1.41 bits per heavy atom. The summed E-state index contributed by atoms with van der Waals surface area (Å²) in [6, 6.07) is 0.403. The molecule has 154 valence electrons. The normalized spacial score (nSPS) is 20.6. The van der Waals surface area contributed by atoms with Crippen molar-refractivity contribution in [3.8, 4) is 5.75 Å². The summed E-state index contributed by atoms with van der Waals surface area (Å²) in [7, 11) is 1.35. The summed E-state index contributed by atoms with van der Waals surface area (Å²) >= 11 is 0. The number of halogens is 2. The van der Waals surface area contributed by atoms with E-state index in [4.69, 9.17) is 10.5 Å². The van der Waals surface area contributed by atoms with Crippen molar-refractivity contribution in [3.05, 3.63) is 45.0 Å². The third-order valence-corrected chi connectivity index (χ3v) is 5.66. The van der Waals surface area contributed by atoms with Crippen molar-refractivity contribution < 1.29 is 23.4 Å². The third-order valence-electron chi connectivity index (χ3n) is 5.66. The van der Waals surface area contributed by atoms with E-state index in [1.165, 1.54) is 11.7 Å². The van der Waals surface area contributed by atoms with E-state index in [0.717, 1.165) is 23.4 Å². The van der Waals surface area contributed by atoms with E-state index in [1.54, 1.807) is 4.90 Å². The molecule has 1 saturated carbocycles. The Hall–Kier alpha value is -2.94. The Kier molecular flexibility index (Phi) is 4.57. The lowest BCUT2D eigenvalue weighted by molar-refractivity contribution is 0.0694. The fourth-order valence-electron chi connectivity index (χ4n) is 3.77. The Balaban J connectivity index is 1.96. The fourth-order valence-corrected chi connectivity index (χ4v) is 3.77. The highest BCUT2D eigenvalue weighted by atomic mass is 19.1. The number of pyridine rings is 1. The molecule has 0 radical (unpaired) electrons. The van der Waals surface area contributed by atoms with E-state index in [-0.39, 0.29) is 28.8 Å². The van der Waals surface area contributed by atoms with Crippen LogP contribution in [0.3, 0.4) is 0 Å². The van der Waals surface area contributed by atoms with Gasteiger partial charge in [0.25, 0.3) is 0 Å². The number of anilines is 1. The molecule has 0 amide bonds. The van der Waals surface area contributed by atoms with Crippen LogP contribution in [-0.2, 0) is 0 Å². The fraction of sp³-hybridized carbons (Fsp3) is 0.400. The molecule has 1 aromatic heterocycles. The Bertz CT molecular complexity index is 1120. The molecule has 2 aromatic rings. The van der Waals surface area contributed by atoms with Gasteiger partial charge in [0.2, 0.25) is 5.43 Å². The van der Waals surface area contributed by atoms with Crippen LogP contribution >= 0.6 is 0 Å². The van der Waals surface area contributed by atoms with Crippen LogP contribution in [0.15, 0.2) is 28.2 Å². The van der Waals surface area contributed by atoms with Crippen LogP contribution in [0, 0.1) is 5.82 Å². The number of carbonyl (C=O) groups is 1. The highest BCUT2D eigenvalue weighted by molar-refractivity contribution is 5.97. The average Bonchev–Trinajstić information content (AvgIpc) is 3.37. The van der Waals surface area contributed by atoms with Crippen LogP contribution in [0.2, 0.25) is 0 Å². The van der Waals surface area contributed by atoms with Crippen LogP contribution in [-0.4, -0.2) is 48.6 Å². The van der Waals surface area contributed by atoms with Gasteiger partial charge in [-0.1, -0.05) is 5.57 Å². The van der Waals surface area contributed by atoms with E-state index in [0.29, 0.717) is 19.6 Å². The Morgan fingerprint density at radius 2 is 2.07 bits per heavy atom. The summed E-state index contributed by atoms with van der Waals surface area (Å²) in [4.78, 5) is 25.9. The second-order valence-corrected chi connectivity index (χ2v) is 7.48. The standard InChI is InChI=1S/C20H21F2N3O4/c1-9(5-23)10-6-24(7-10)17-14(22)3-11-16(19(17)29-2)25(15-4-13(15)21)8-12(18(11)26)20(27)28/h3,8,13,15H,4-7,23H2,1-2H3,(H,27,28)/t13-,15+/m0/s1. The summed E-state index contributed by atoms with van der Waals surface area (Å²) in [5.41, 5.74) is 6.80. The maximum absolute atomic E-state index is 15.1. The zero-order valence-electron chi connectivity index (χ0n) is 16.0. The number of methoxy groups -OCH3 is 1. The smallest absolute Gasteiger partial charge is 0.341 e. The van der Waals surface area contributed by atoms with Gasteiger partial charge in [-0.3, -0.25) is 4.79 Å². The van der Waals surface area contributed by atoms with Crippen molar-refractivity contribution in [2.75, 3.05) is 31.6 Å². The summed E-state index contributed by atoms with van der Waals surface area (Å²) < 4.78 is 35.8. The van der Waals surface area contributed by atoms with E-state index in [1.807, 2.05) is 6.92 Å². The van der Waals surface area contributed by atoms with Crippen molar-refractivity contribution in [2.24, 2.45) is 5.73 Å². The molecular formula is C20H21F2N3O4. The zero-order chi connectivity index (χ0) is 21.0. The van der Waals surface area contributed by atoms with Gasteiger partial charge < -0.3 is 25.0 Å². The molecule has 1 aromatic carbocycles. The summed E-state index contributed by atoms with van der Waals surface area (Å²) in [5, 5.41) is 9.21. The molecule has 0 unspecified atom stereocenters. The molecule has 2 fully saturated rings. The van der Waals surface area contributed by atoms with Crippen molar-refractivity contribution >= 4 is 22.6 Å². The maximum atomic E-state index is 15.1. The third kappa shape index (κ3) is 2.96. The van der Waals surface area contributed by atoms with Crippen LogP contribution in [0.5, 0.6) is 5.75 Å². The predicted octanol–water partition coefficient (Wildman–Crippen LogP) is 2.23. The lowest BCUT2D eigenvalue weighted by Crippen LogP contribution is -2.42. The average molecular weight is 405 g/mol. The Morgan fingerprint density at radius 3 is 2.59 bits per heavy atom. The van der Waals surface area contributed by atoms with Crippen molar-refractivity contribution in [1.29, 1.82) is 0 Å². The monoisotopic (exact) mass is 405 g/mol. The summed E-state index contributed by atoms with van der Waals surface area (Å²) in [6.45, 7) is 3.26. The predicted molar refractivity (Wildman–Crippen MR) is 104 cm³/mol. The SMILES string of the molecule is COc1c(N2CC(=C(C)CN)C2)c(F)cc2c(=O)c(C(=O)O)cn([C@@H]3C[C@@H]3F)c12. The number of hydrogen-bond donors (Lipinski definition) is 2. The molecule has 0 bridgehead atoms. The van der Waals surface area contributed by atoms with Crippen molar-refractivity contribution in [1.82, 2.24) is 4.57 Å². The highest BCUT2D eigenvalue weighted by Gasteiger charge is 2.41. The number of aromatic carboxylic acids is 1. The molecule has 29 heavy (non-hydrogen) atoms.